The van der Waals surface area contributed by atoms with E-state index in [9.17, 15) is 9.90 Å². The van der Waals surface area contributed by atoms with Crippen molar-refractivity contribution in [2.24, 2.45) is 0 Å². The first-order valence-electron chi connectivity index (χ1n) is 5.46. The summed E-state index contributed by atoms with van der Waals surface area (Å²) in [6, 6.07) is 12.7. The summed E-state index contributed by atoms with van der Waals surface area (Å²) >= 11 is 3.40. The lowest BCUT2D eigenvalue weighted by Gasteiger charge is -2.26. The number of carboxylic acids is 1. The van der Waals surface area contributed by atoms with Gasteiger partial charge in [0.15, 0.2) is 0 Å². The smallest absolute Gasteiger partial charge is 0.315 e. The molecular formula is C14H9BrO3. The fourth-order valence-corrected chi connectivity index (χ4v) is 2.81. The van der Waals surface area contributed by atoms with Gasteiger partial charge in [-0.25, -0.2) is 0 Å². The third-order valence-corrected chi connectivity index (χ3v) is 3.69. The SMILES string of the molecule is O=C(O)C1c2ccccc2Oc2cccc(Br)c21. The van der Waals surface area contributed by atoms with Gasteiger partial charge in [0.05, 0.1) is 0 Å². The highest BCUT2D eigenvalue weighted by atomic mass is 79.9. The summed E-state index contributed by atoms with van der Waals surface area (Å²) in [6.45, 7) is 0. The van der Waals surface area contributed by atoms with Gasteiger partial charge in [-0.3, -0.25) is 4.79 Å². The molecule has 1 unspecified atom stereocenters. The maximum absolute atomic E-state index is 11.6. The summed E-state index contributed by atoms with van der Waals surface area (Å²) in [6.07, 6.45) is 0. The highest BCUT2D eigenvalue weighted by molar-refractivity contribution is 9.10. The van der Waals surface area contributed by atoms with Gasteiger partial charge >= 0.3 is 5.97 Å². The van der Waals surface area contributed by atoms with Gasteiger partial charge in [-0.2, -0.15) is 0 Å². The van der Waals surface area contributed by atoms with E-state index >= 15 is 0 Å². The van der Waals surface area contributed by atoms with Gasteiger partial charge in [-0.15, -0.1) is 0 Å². The molecule has 0 bridgehead atoms. The number of aliphatic carboxylic acids is 1. The summed E-state index contributed by atoms with van der Waals surface area (Å²) in [4.78, 5) is 11.6. The van der Waals surface area contributed by atoms with Crippen molar-refractivity contribution in [1.29, 1.82) is 0 Å². The van der Waals surface area contributed by atoms with E-state index in [4.69, 9.17) is 4.74 Å². The number of fused-ring (bicyclic) bond motifs is 2. The third-order valence-electron chi connectivity index (χ3n) is 3.00. The van der Waals surface area contributed by atoms with Gasteiger partial charge in [0.2, 0.25) is 0 Å². The lowest BCUT2D eigenvalue weighted by atomic mass is 9.88. The summed E-state index contributed by atoms with van der Waals surface area (Å²) in [5, 5.41) is 9.48. The number of para-hydroxylation sites is 1. The van der Waals surface area contributed by atoms with Crippen LogP contribution in [0.3, 0.4) is 0 Å². The fourth-order valence-electron chi connectivity index (χ4n) is 2.23. The van der Waals surface area contributed by atoms with E-state index in [-0.39, 0.29) is 0 Å². The van der Waals surface area contributed by atoms with E-state index < -0.39 is 11.9 Å². The van der Waals surface area contributed by atoms with Crippen LogP contribution in [0.15, 0.2) is 46.9 Å². The Morgan fingerprint density at radius 3 is 2.61 bits per heavy atom. The predicted octanol–water partition coefficient (Wildman–Crippen LogP) is 3.77. The minimum absolute atomic E-state index is 0.593. The van der Waals surface area contributed by atoms with Crippen molar-refractivity contribution in [1.82, 2.24) is 0 Å². The molecule has 1 aliphatic heterocycles. The van der Waals surface area contributed by atoms with Crippen LogP contribution < -0.4 is 4.74 Å². The molecule has 0 saturated carbocycles. The molecular weight excluding hydrogens is 296 g/mol. The molecule has 1 N–H and O–H groups in total. The van der Waals surface area contributed by atoms with Gasteiger partial charge in [0.1, 0.15) is 17.4 Å². The van der Waals surface area contributed by atoms with Crippen molar-refractivity contribution >= 4 is 21.9 Å². The Kier molecular flexibility index (Phi) is 2.59. The molecule has 3 nitrogen and oxygen atoms in total. The quantitative estimate of drug-likeness (QED) is 0.872. The molecule has 2 aromatic rings. The van der Waals surface area contributed by atoms with Crippen LogP contribution in [0.1, 0.15) is 17.0 Å². The average molecular weight is 305 g/mol. The molecule has 0 aliphatic carbocycles. The summed E-state index contributed by atoms with van der Waals surface area (Å²) < 4.78 is 6.50. The first-order valence-corrected chi connectivity index (χ1v) is 6.26. The molecule has 4 heteroatoms. The van der Waals surface area contributed by atoms with Crippen LogP contribution in [0, 0.1) is 0 Å². The van der Waals surface area contributed by atoms with Gasteiger partial charge < -0.3 is 9.84 Å². The average Bonchev–Trinajstić information content (AvgIpc) is 2.36. The van der Waals surface area contributed by atoms with E-state index in [0.717, 1.165) is 4.47 Å². The Bertz CT molecular complexity index is 637. The van der Waals surface area contributed by atoms with Gasteiger partial charge in [0, 0.05) is 15.6 Å². The number of rotatable bonds is 1. The zero-order valence-corrected chi connectivity index (χ0v) is 10.8. The maximum atomic E-state index is 11.6. The van der Waals surface area contributed by atoms with Crippen LogP contribution in [-0.2, 0) is 4.79 Å². The molecule has 1 atom stereocenters. The number of hydrogen-bond acceptors (Lipinski definition) is 2. The van der Waals surface area contributed by atoms with E-state index in [1.807, 2.05) is 24.3 Å². The lowest BCUT2D eigenvalue weighted by Crippen LogP contribution is -2.18. The second-order valence-corrected chi connectivity index (χ2v) is 4.92. The second-order valence-electron chi connectivity index (χ2n) is 4.06. The number of hydrogen-bond donors (Lipinski definition) is 1. The summed E-state index contributed by atoms with van der Waals surface area (Å²) in [5.41, 5.74) is 1.35. The van der Waals surface area contributed by atoms with Gasteiger partial charge in [-0.05, 0) is 18.2 Å². The summed E-state index contributed by atoms with van der Waals surface area (Å²) in [5.74, 6) is -0.370. The van der Waals surface area contributed by atoms with Crippen molar-refractivity contribution in [2.45, 2.75) is 5.92 Å². The number of ether oxygens (including phenoxy) is 1. The van der Waals surface area contributed by atoms with E-state index in [2.05, 4.69) is 15.9 Å². The molecule has 0 aromatic heterocycles. The van der Waals surface area contributed by atoms with Crippen molar-refractivity contribution in [3.8, 4) is 11.5 Å². The highest BCUT2D eigenvalue weighted by Gasteiger charge is 2.33. The molecule has 3 rings (SSSR count). The monoisotopic (exact) mass is 304 g/mol. The molecule has 2 aromatic carbocycles. The van der Waals surface area contributed by atoms with Crippen LogP contribution in [0.4, 0.5) is 0 Å². The Balaban J connectivity index is 2.28. The van der Waals surface area contributed by atoms with E-state index in [1.165, 1.54) is 0 Å². The van der Waals surface area contributed by atoms with Crippen LogP contribution in [0.5, 0.6) is 11.5 Å². The van der Waals surface area contributed by atoms with Crippen LogP contribution in [0.25, 0.3) is 0 Å². The lowest BCUT2D eigenvalue weighted by molar-refractivity contribution is -0.137. The molecule has 0 saturated heterocycles. The van der Waals surface area contributed by atoms with Gasteiger partial charge in [-0.1, -0.05) is 40.2 Å². The van der Waals surface area contributed by atoms with Crippen molar-refractivity contribution in [2.75, 3.05) is 0 Å². The molecule has 0 fully saturated rings. The molecule has 18 heavy (non-hydrogen) atoms. The normalized spacial score (nSPS) is 16.4. The Hall–Kier alpha value is -1.81. The minimum Gasteiger partial charge on any atom is -0.481 e. The molecule has 1 heterocycles. The number of carbonyl (C=O) groups is 1. The number of carboxylic acid groups (broad SMARTS) is 1. The topological polar surface area (TPSA) is 46.5 Å². The first-order chi connectivity index (χ1) is 8.68. The van der Waals surface area contributed by atoms with Crippen LogP contribution in [-0.4, -0.2) is 11.1 Å². The Morgan fingerprint density at radius 1 is 1.11 bits per heavy atom. The van der Waals surface area contributed by atoms with Crippen LogP contribution in [0.2, 0.25) is 0 Å². The highest BCUT2D eigenvalue weighted by Crippen LogP contribution is 2.46. The zero-order valence-electron chi connectivity index (χ0n) is 9.26. The zero-order chi connectivity index (χ0) is 12.7. The predicted molar refractivity (Wildman–Crippen MR) is 70.1 cm³/mol. The fraction of sp³-hybridized carbons (Fsp3) is 0.0714. The molecule has 0 amide bonds. The van der Waals surface area contributed by atoms with Crippen LogP contribution >= 0.6 is 15.9 Å². The third kappa shape index (κ3) is 1.61. The Labute approximate surface area is 112 Å². The molecule has 1 aliphatic rings. The molecule has 90 valence electrons. The standard InChI is InChI=1S/C14H9BrO3/c15-9-5-3-7-11-13(9)12(14(16)17)8-4-1-2-6-10(8)18-11/h1-7,12H,(H,16,17). The van der Waals surface area contributed by atoms with Gasteiger partial charge in [0.25, 0.3) is 0 Å². The van der Waals surface area contributed by atoms with Crippen molar-refractivity contribution in [3.63, 3.8) is 0 Å². The van der Waals surface area contributed by atoms with Crippen molar-refractivity contribution < 1.29 is 14.6 Å². The maximum Gasteiger partial charge on any atom is 0.315 e. The second kappa shape index (κ2) is 4.14. The molecule has 0 radical (unpaired) electrons. The minimum atomic E-state index is -0.876. The largest absolute Gasteiger partial charge is 0.481 e. The Morgan fingerprint density at radius 2 is 1.83 bits per heavy atom. The molecule has 0 spiro atoms. The number of benzene rings is 2. The van der Waals surface area contributed by atoms with E-state index in [1.54, 1.807) is 18.2 Å². The van der Waals surface area contributed by atoms with E-state index in [0.29, 0.717) is 22.6 Å². The van der Waals surface area contributed by atoms with Crippen molar-refractivity contribution in [3.05, 3.63) is 58.1 Å². The summed E-state index contributed by atoms with van der Waals surface area (Å²) in [7, 11) is 0. The number of halogens is 1. The first kappa shape index (κ1) is 11.3.